The first-order valence-corrected chi connectivity index (χ1v) is 6.39. The maximum Gasteiger partial charge on any atom is 0.107 e. The molecular weight excluding hydrogens is 236 g/mol. The van der Waals surface area contributed by atoms with E-state index in [0.29, 0.717) is 0 Å². The van der Waals surface area contributed by atoms with Crippen molar-refractivity contribution < 1.29 is 9.52 Å². The van der Waals surface area contributed by atoms with Gasteiger partial charge in [0.2, 0.25) is 0 Å². The van der Waals surface area contributed by atoms with Crippen LogP contribution in [0.15, 0.2) is 52.9 Å². The van der Waals surface area contributed by atoms with Crippen LogP contribution >= 0.6 is 0 Å². The highest BCUT2D eigenvalue weighted by Crippen LogP contribution is 2.29. The summed E-state index contributed by atoms with van der Waals surface area (Å²) in [4.78, 5) is 0. The summed E-state index contributed by atoms with van der Waals surface area (Å²) in [6.45, 7) is 3.77. The van der Waals surface area contributed by atoms with Crippen molar-refractivity contribution in [2.24, 2.45) is 0 Å². The lowest BCUT2D eigenvalue weighted by Crippen LogP contribution is -1.99. The van der Waals surface area contributed by atoms with Crippen molar-refractivity contribution in [3.63, 3.8) is 0 Å². The van der Waals surface area contributed by atoms with Gasteiger partial charge in [-0.25, -0.2) is 0 Å². The lowest BCUT2D eigenvalue weighted by Gasteiger charge is -2.11. The molecule has 1 atom stereocenters. The molecule has 0 aliphatic heterocycles. The standard InChI is InChI=1S/C17H16O2/c1-11-9-16(12(2)19-11)17(18)15-8-7-13-5-3-4-6-14(13)10-15/h3-10,17-18H,1-2H3. The Kier molecular flexibility index (Phi) is 2.88. The van der Waals surface area contributed by atoms with Crippen molar-refractivity contribution >= 4 is 10.8 Å². The fraction of sp³-hybridized carbons (Fsp3) is 0.176. The minimum Gasteiger partial charge on any atom is -0.466 e. The lowest BCUT2D eigenvalue weighted by atomic mass is 9.99. The normalized spacial score (nSPS) is 12.8. The summed E-state index contributed by atoms with van der Waals surface area (Å²) >= 11 is 0. The molecular formula is C17H16O2. The lowest BCUT2D eigenvalue weighted by molar-refractivity contribution is 0.218. The van der Waals surface area contributed by atoms with Gasteiger partial charge < -0.3 is 9.52 Å². The molecule has 0 saturated heterocycles. The van der Waals surface area contributed by atoms with Crippen molar-refractivity contribution in [1.29, 1.82) is 0 Å². The number of fused-ring (bicyclic) bond motifs is 1. The molecule has 3 rings (SSSR count). The van der Waals surface area contributed by atoms with Crippen LogP contribution in [0.1, 0.15) is 28.8 Å². The van der Waals surface area contributed by atoms with Crippen LogP contribution in [-0.2, 0) is 0 Å². The van der Waals surface area contributed by atoms with Crippen LogP contribution in [0.4, 0.5) is 0 Å². The topological polar surface area (TPSA) is 33.4 Å². The van der Waals surface area contributed by atoms with Crippen LogP contribution < -0.4 is 0 Å². The molecule has 96 valence electrons. The minimum atomic E-state index is -0.637. The largest absolute Gasteiger partial charge is 0.466 e. The first-order valence-electron chi connectivity index (χ1n) is 6.39. The Bertz CT molecular complexity index is 725. The minimum absolute atomic E-state index is 0.637. The van der Waals surface area contributed by atoms with E-state index in [-0.39, 0.29) is 0 Å². The zero-order valence-corrected chi connectivity index (χ0v) is 11.1. The Labute approximate surface area is 112 Å². The second kappa shape index (κ2) is 4.56. The SMILES string of the molecule is Cc1cc(C(O)c2ccc3ccccc3c2)c(C)o1. The molecule has 1 unspecified atom stereocenters. The van der Waals surface area contributed by atoms with Crippen molar-refractivity contribution in [2.75, 3.05) is 0 Å². The van der Waals surface area contributed by atoms with E-state index in [1.54, 1.807) is 0 Å². The van der Waals surface area contributed by atoms with Gasteiger partial charge in [-0.05, 0) is 42.3 Å². The number of hydrogen-bond donors (Lipinski definition) is 1. The maximum atomic E-state index is 10.5. The van der Waals surface area contributed by atoms with Gasteiger partial charge in [-0.3, -0.25) is 0 Å². The first-order chi connectivity index (χ1) is 9.15. The summed E-state index contributed by atoms with van der Waals surface area (Å²) in [6.07, 6.45) is -0.637. The van der Waals surface area contributed by atoms with Gasteiger partial charge in [0, 0.05) is 5.56 Å². The smallest absolute Gasteiger partial charge is 0.107 e. The van der Waals surface area contributed by atoms with E-state index in [1.165, 1.54) is 5.39 Å². The number of rotatable bonds is 2. The highest BCUT2D eigenvalue weighted by Gasteiger charge is 2.16. The van der Waals surface area contributed by atoms with Crippen LogP contribution in [0.3, 0.4) is 0 Å². The summed E-state index contributed by atoms with van der Waals surface area (Å²) in [5, 5.41) is 12.8. The van der Waals surface area contributed by atoms with Gasteiger partial charge in [-0.15, -0.1) is 0 Å². The van der Waals surface area contributed by atoms with Crippen LogP contribution in [-0.4, -0.2) is 5.11 Å². The second-order valence-electron chi connectivity index (χ2n) is 4.88. The summed E-state index contributed by atoms with van der Waals surface area (Å²) in [7, 11) is 0. The van der Waals surface area contributed by atoms with Gasteiger partial charge in [-0.1, -0.05) is 36.4 Å². The van der Waals surface area contributed by atoms with Gasteiger partial charge in [0.05, 0.1) is 0 Å². The number of aryl methyl sites for hydroxylation is 2. The third kappa shape index (κ3) is 2.15. The van der Waals surface area contributed by atoms with Crippen molar-refractivity contribution in [1.82, 2.24) is 0 Å². The maximum absolute atomic E-state index is 10.5. The summed E-state index contributed by atoms with van der Waals surface area (Å²) < 4.78 is 5.48. The number of furan rings is 1. The van der Waals surface area contributed by atoms with Gasteiger partial charge in [0.15, 0.2) is 0 Å². The van der Waals surface area contributed by atoms with Gasteiger partial charge in [0.1, 0.15) is 17.6 Å². The predicted octanol–water partition coefficient (Wildman–Crippen LogP) is 4.13. The van der Waals surface area contributed by atoms with E-state index in [4.69, 9.17) is 4.42 Å². The monoisotopic (exact) mass is 252 g/mol. The fourth-order valence-electron chi connectivity index (χ4n) is 2.48. The van der Waals surface area contributed by atoms with Gasteiger partial charge >= 0.3 is 0 Å². The molecule has 3 aromatic rings. The Balaban J connectivity index is 2.06. The molecule has 0 amide bonds. The van der Waals surface area contributed by atoms with Crippen LogP contribution in [0.25, 0.3) is 10.8 Å². The quantitative estimate of drug-likeness (QED) is 0.744. The number of aliphatic hydroxyl groups excluding tert-OH is 1. The highest BCUT2D eigenvalue weighted by atomic mass is 16.3. The summed E-state index contributed by atoms with van der Waals surface area (Å²) in [5.74, 6) is 1.60. The van der Waals surface area contributed by atoms with E-state index >= 15 is 0 Å². The first kappa shape index (κ1) is 12.0. The van der Waals surface area contributed by atoms with Gasteiger partial charge in [-0.2, -0.15) is 0 Å². The van der Waals surface area contributed by atoms with Crippen LogP contribution in [0.5, 0.6) is 0 Å². The second-order valence-corrected chi connectivity index (χ2v) is 4.88. The van der Waals surface area contributed by atoms with E-state index in [9.17, 15) is 5.11 Å². The molecule has 0 fully saturated rings. The molecule has 0 aliphatic rings. The fourth-order valence-corrected chi connectivity index (χ4v) is 2.48. The molecule has 0 aliphatic carbocycles. The van der Waals surface area contributed by atoms with Crippen molar-refractivity contribution in [3.05, 3.63) is 71.2 Å². The van der Waals surface area contributed by atoms with E-state index in [2.05, 4.69) is 12.1 Å². The molecule has 1 heterocycles. The average Bonchev–Trinajstić information content (AvgIpc) is 2.76. The van der Waals surface area contributed by atoms with Crippen LogP contribution in [0.2, 0.25) is 0 Å². The molecule has 2 heteroatoms. The van der Waals surface area contributed by atoms with Crippen molar-refractivity contribution in [2.45, 2.75) is 20.0 Å². The zero-order valence-electron chi connectivity index (χ0n) is 11.1. The Morgan fingerprint density at radius 2 is 1.68 bits per heavy atom. The molecule has 0 spiro atoms. The molecule has 2 nitrogen and oxygen atoms in total. The molecule has 1 N–H and O–H groups in total. The molecule has 19 heavy (non-hydrogen) atoms. The highest BCUT2D eigenvalue weighted by molar-refractivity contribution is 5.83. The number of hydrogen-bond acceptors (Lipinski definition) is 2. The Morgan fingerprint density at radius 1 is 0.947 bits per heavy atom. The number of benzene rings is 2. The van der Waals surface area contributed by atoms with Crippen molar-refractivity contribution in [3.8, 4) is 0 Å². The Morgan fingerprint density at radius 3 is 2.37 bits per heavy atom. The van der Waals surface area contributed by atoms with E-state index in [0.717, 1.165) is 28.0 Å². The predicted molar refractivity (Wildman–Crippen MR) is 76.2 cm³/mol. The molecule has 0 saturated carbocycles. The molecule has 0 radical (unpaired) electrons. The zero-order chi connectivity index (χ0) is 13.4. The molecule has 2 aromatic carbocycles. The average molecular weight is 252 g/mol. The Hall–Kier alpha value is -2.06. The van der Waals surface area contributed by atoms with E-state index in [1.807, 2.05) is 50.2 Å². The number of aliphatic hydroxyl groups is 1. The molecule has 1 aromatic heterocycles. The summed E-state index contributed by atoms with van der Waals surface area (Å²) in [6, 6.07) is 16.1. The summed E-state index contributed by atoms with van der Waals surface area (Å²) in [5.41, 5.74) is 1.73. The molecule has 0 bridgehead atoms. The third-order valence-corrected chi connectivity index (χ3v) is 3.46. The van der Waals surface area contributed by atoms with Gasteiger partial charge in [0.25, 0.3) is 0 Å². The third-order valence-electron chi connectivity index (χ3n) is 3.46. The van der Waals surface area contributed by atoms with Crippen LogP contribution in [0, 0.1) is 13.8 Å². The van der Waals surface area contributed by atoms with E-state index < -0.39 is 6.10 Å².